The third kappa shape index (κ3) is 4.03. The Balaban J connectivity index is 2.10. The van der Waals surface area contributed by atoms with E-state index in [0.717, 1.165) is 19.3 Å². The van der Waals surface area contributed by atoms with Gasteiger partial charge in [0.25, 0.3) is 0 Å². The molecule has 6 nitrogen and oxygen atoms in total. The highest BCUT2D eigenvalue weighted by atomic mass is 16.6. The smallest absolute Gasteiger partial charge is 0.408 e. The molecule has 0 aromatic heterocycles. The largest absolute Gasteiger partial charge is 0.444 e. The Morgan fingerprint density at radius 3 is 2.57 bits per heavy atom. The standard InChI is InChI=1S/C17H29N3O3/c1-6-10(2)14(19-16(22)23-17(3,4)5)15(21)20-12(9-18)7-11-8-13(11)20/h9-14,18H,6-8H2,1-5H3,(H,19,22)/t10?,11?,12-,13?,14-/m0/s1. The minimum Gasteiger partial charge on any atom is -0.444 e. The molecule has 0 aromatic carbocycles. The van der Waals surface area contributed by atoms with Gasteiger partial charge in [0.2, 0.25) is 5.91 Å². The Kier molecular flexibility index (Phi) is 5.01. The van der Waals surface area contributed by atoms with Crippen molar-refractivity contribution >= 4 is 18.2 Å². The summed E-state index contributed by atoms with van der Waals surface area (Å²) in [6, 6.07) is -0.476. The van der Waals surface area contributed by atoms with Gasteiger partial charge in [0, 0.05) is 12.3 Å². The number of likely N-dealkylation sites (tertiary alicyclic amines) is 1. The van der Waals surface area contributed by atoms with Crippen LogP contribution in [0.1, 0.15) is 53.9 Å². The Bertz CT molecular complexity index is 486. The lowest BCUT2D eigenvalue weighted by atomic mass is 9.97. The van der Waals surface area contributed by atoms with Gasteiger partial charge in [0.15, 0.2) is 0 Å². The van der Waals surface area contributed by atoms with Crippen LogP contribution in [0.4, 0.5) is 4.79 Å². The predicted octanol–water partition coefficient (Wildman–Crippen LogP) is 2.56. The van der Waals surface area contributed by atoms with Crippen molar-refractivity contribution in [3.8, 4) is 0 Å². The number of nitrogens with one attached hydrogen (secondary N) is 2. The summed E-state index contributed by atoms with van der Waals surface area (Å²) in [5.41, 5.74) is -0.597. The molecule has 5 atom stereocenters. The molecule has 2 rings (SSSR count). The predicted molar refractivity (Wildman–Crippen MR) is 88.5 cm³/mol. The number of hydrogen-bond acceptors (Lipinski definition) is 4. The Labute approximate surface area is 138 Å². The molecular formula is C17H29N3O3. The van der Waals surface area contributed by atoms with Crippen LogP contribution in [0.15, 0.2) is 0 Å². The summed E-state index contributed by atoms with van der Waals surface area (Å²) in [7, 11) is 0. The fourth-order valence-electron chi connectivity index (χ4n) is 3.25. The van der Waals surface area contributed by atoms with Gasteiger partial charge >= 0.3 is 6.09 Å². The van der Waals surface area contributed by atoms with Crippen LogP contribution in [-0.4, -0.2) is 46.8 Å². The first kappa shape index (κ1) is 17.8. The number of ether oxygens (including phenoxy) is 1. The van der Waals surface area contributed by atoms with E-state index in [1.54, 1.807) is 20.8 Å². The molecule has 0 spiro atoms. The van der Waals surface area contributed by atoms with E-state index in [1.807, 2.05) is 18.7 Å². The van der Waals surface area contributed by atoms with Crippen LogP contribution >= 0.6 is 0 Å². The summed E-state index contributed by atoms with van der Waals surface area (Å²) < 4.78 is 5.30. The van der Waals surface area contributed by atoms with E-state index in [4.69, 9.17) is 10.1 Å². The molecular weight excluding hydrogens is 294 g/mol. The normalized spacial score (nSPS) is 28.6. The average Bonchev–Trinajstić information content (AvgIpc) is 3.12. The second kappa shape index (κ2) is 6.49. The fraction of sp³-hybridized carbons (Fsp3) is 0.824. The van der Waals surface area contributed by atoms with E-state index in [1.165, 1.54) is 6.21 Å². The van der Waals surface area contributed by atoms with Crippen molar-refractivity contribution < 1.29 is 14.3 Å². The van der Waals surface area contributed by atoms with E-state index in [-0.39, 0.29) is 23.9 Å². The zero-order valence-electron chi connectivity index (χ0n) is 14.8. The maximum atomic E-state index is 13.0. The molecule has 2 aliphatic rings. The van der Waals surface area contributed by atoms with Gasteiger partial charge in [0.1, 0.15) is 11.6 Å². The van der Waals surface area contributed by atoms with E-state index < -0.39 is 17.7 Å². The Morgan fingerprint density at radius 2 is 2.04 bits per heavy atom. The van der Waals surface area contributed by atoms with Crippen molar-refractivity contribution in [2.24, 2.45) is 11.8 Å². The molecule has 1 saturated heterocycles. The summed E-state index contributed by atoms with van der Waals surface area (Å²) in [4.78, 5) is 26.9. The highest BCUT2D eigenvalue weighted by Gasteiger charge is 2.54. The fourth-order valence-corrected chi connectivity index (χ4v) is 3.25. The number of rotatable bonds is 5. The lowest BCUT2D eigenvalue weighted by Gasteiger charge is -2.32. The zero-order valence-corrected chi connectivity index (χ0v) is 14.8. The molecule has 0 radical (unpaired) electrons. The molecule has 1 saturated carbocycles. The lowest BCUT2D eigenvalue weighted by molar-refractivity contribution is -0.135. The molecule has 0 aromatic rings. The van der Waals surface area contributed by atoms with Crippen LogP contribution in [0, 0.1) is 17.2 Å². The van der Waals surface area contributed by atoms with E-state index in [9.17, 15) is 9.59 Å². The van der Waals surface area contributed by atoms with Gasteiger partial charge in [-0.2, -0.15) is 0 Å². The van der Waals surface area contributed by atoms with E-state index in [2.05, 4.69) is 5.32 Å². The number of amides is 2. The molecule has 130 valence electrons. The summed E-state index contributed by atoms with van der Waals surface area (Å²) in [5.74, 6) is 0.465. The van der Waals surface area contributed by atoms with Crippen molar-refractivity contribution in [3.63, 3.8) is 0 Å². The summed E-state index contributed by atoms with van der Waals surface area (Å²) in [5, 5.41) is 10.3. The number of carbonyl (C=O) groups excluding carboxylic acids is 2. The molecule has 0 bridgehead atoms. The molecule has 1 heterocycles. The number of fused-ring (bicyclic) bond motifs is 1. The minimum atomic E-state index is -0.600. The minimum absolute atomic E-state index is 0.0132. The highest BCUT2D eigenvalue weighted by Crippen LogP contribution is 2.47. The third-order valence-electron chi connectivity index (χ3n) is 4.74. The quantitative estimate of drug-likeness (QED) is 0.763. The Morgan fingerprint density at radius 1 is 1.39 bits per heavy atom. The van der Waals surface area contributed by atoms with Gasteiger partial charge in [-0.05, 0) is 45.4 Å². The average molecular weight is 323 g/mol. The van der Waals surface area contributed by atoms with Crippen molar-refractivity contribution in [1.82, 2.24) is 10.2 Å². The highest BCUT2D eigenvalue weighted by molar-refractivity contribution is 5.89. The van der Waals surface area contributed by atoms with Gasteiger partial charge in [0.05, 0.1) is 6.04 Å². The van der Waals surface area contributed by atoms with Gasteiger partial charge in [-0.15, -0.1) is 0 Å². The SMILES string of the molecule is CCC(C)[C@H](NC(=O)OC(C)(C)C)C(=O)N1C2CC2C[C@H]1C=N. The molecule has 1 aliphatic carbocycles. The van der Waals surface area contributed by atoms with Crippen LogP contribution in [-0.2, 0) is 9.53 Å². The summed E-state index contributed by atoms with van der Waals surface area (Å²) >= 11 is 0. The van der Waals surface area contributed by atoms with E-state index in [0.29, 0.717) is 5.92 Å². The molecule has 2 amide bonds. The second-order valence-corrected chi connectivity index (χ2v) is 7.79. The number of hydrogen-bond donors (Lipinski definition) is 2. The number of nitrogens with zero attached hydrogens (tertiary/aromatic N) is 1. The molecule has 1 aliphatic heterocycles. The molecule has 23 heavy (non-hydrogen) atoms. The second-order valence-electron chi connectivity index (χ2n) is 7.79. The first-order chi connectivity index (χ1) is 10.7. The van der Waals surface area contributed by atoms with Gasteiger partial charge in [-0.25, -0.2) is 4.79 Å². The number of piperidine rings is 1. The molecule has 2 N–H and O–H groups in total. The topological polar surface area (TPSA) is 82.5 Å². The zero-order chi connectivity index (χ0) is 17.4. The van der Waals surface area contributed by atoms with Crippen molar-refractivity contribution in [1.29, 1.82) is 5.41 Å². The summed E-state index contributed by atoms with van der Waals surface area (Å²) in [6.45, 7) is 9.35. The maximum absolute atomic E-state index is 13.0. The van der Waals surface area contributed by atoms with Crippen molar-refractivity contribution in [2.45, 2.75) is 77.6 Å². The monoisotopic (exact) mass is 323 g/mol. The number of alkyl carbamates (subject to hydrolysis) is 1. The number of carbonyl (C=O) groups is 2. The Hall–Kier alpha value is -1.59. The molecule has 3 unspecified atom stereocenters. The molecule has 6 heteroatoms. The lowest BCUT2D eigenvalue weighted by Crippen LogP contribution is -2.54. The first-order valence-electron chi connectivity index (χ1n) is 8.50. The van der Waals surface area contributed by atoms with Crippen molar-refractivity contribution in [2.75, 3.05) is 0 Å². The van der Waals surface area contributed by atoms with Gasteiger partial charge < -0.3 is 20.4 Å². The van der Waals surface area contributed by atoms with Crippen LogP contribution in [0.25, 0.3) is 0 Å². The summed E-state index contributed by atoms with van der Waals surface area (Å²) in [6.07, 6.45) is 3.47. The first-order valence-corrected chi connectivity index (χ1v) is 8.50. The van der Waals surface area contributed by atoms with Crippen LogP contribution in [0.2, 0.25) is 0 Å². The molecule has 2 fully saturated rings. The van der Waals surface area contributed by atoms with Gasteiger partial charge in [-0.1, -0.05) is 20.3 Å². The third-order valence-corrected chi connectivity index (χ3v) is 4.74. The van der Waals surface area contributed by atoms with Crippen LogP contribution in [0.3, 0.4) is 0 Å². The van der Waals surface area contributed by atoms with Crippen LogP contribution < -0.4 is 5.32 Å². The van der Waals surface area contributed by atoms with Crippen molar-refractivity contribution in [3.05, 3.63) is 0 Å². The van der Waals surface area contributed by atoms with Gasteiger partial charge in [-0.3, -0.25) is 4.79 Å². The van der Waals surface area contributed by atoms with Crippen LogP contribution in [0.5, 0.6) is 0 Å². The maximum Gasteiger partial charge on any atom is 0.408 e. The van der Waals surface area contributed by atoms with E-state index >= 15 is 0 Å².